The van der Waals surface area contributed by atoms with Gasteiger partial charge in [-0.15, -0.1) is 0 Å². The van der Waals surface area contributed by atoms with Crippen molar-refractivity contribution in [2.75, 3.05) is 33.1 Å². The molecule has 1 amide bonds. The maximum Gasteiger partial charge on any atom is 0.224 e. The summed E-state index contributed by atoms with van der Waals surface area (Å²) in [6.07, 6.45) is 0.283. The van der Waals surface area contributed by atoms with Crippen molar-refractivity contribution in [1.82, 2.24) is 9.62 Å². The van der Waals surface area contributed by atoms with Gasteiger partial charge in [0, 0.05) is 20.0 Å². The van der Waals surface area contributed by atoms with E-state index in [0.29, 0.717) is 13.2 Å². The summed E-state index contributed by atoms with van der Waals surface area (Å²) in [7, 11) is -0.292. The lowest BCUT2D eigenvalue weighted by Crippen LogP contribution is -2.44. The van der Waals surface area contributed by atoms with Gasteiger partial charge in [0.25, 0.3) is 0 Å². The highest BCUT2D eigenvalue weighted by Gasteiger charge is 2.34. The van der Waals surface area contributed by atoms with Gasteiger partial charge in [-0.2, -0.15) is 0 Å². The van der Waals surface area contributed by atoms with Gasteiger partial charge in [-0.25, -0.2) is 12.7 Å². The molecular formula is C16H24N2O4S. The van der Waals surface area contributed by atoms with E-state index in [-0.39, 0.29) is 30.0 Å². The van der Waals surface area contributed by atoms with Crippen LogP contribution in [0.15, 0.2) is 24.3 Å². The Balaban J connectivity index is 1.94. The van der Waals surface area contributed by atoms with E-state index in [0.717, 1.165) is 11.1 Å². The molecule has 1 aromatic rings. The van der Waals surface area contributed by atoms with Crippen molar-refractivity contribution in [3.05, 3.63) is 35.4 Å². The number of amides is 1. The van der Waals surface area contributed by atoms with Crippen molar-refractivity contribution in [1.29, 1.82) is 0 Å². The molecule has 6 nitrogen and oxygen atoms in total. The molecule has 1 heterocycles. The van der Waals surface area contributed by atoms with E-state index in [4.69, 9.17) is 4.74 Å². The lowest BCUT2D eigenvalue weighted by Gasteiger charge is -2.21. The van der Waals surface area contributed by atoms with Crippen molar-refractivity contribution < 1.29 is 17.9 Å². The van der Waals surface area contributed by atoms with E-state index in [1.807, 2.05) is 31.2 Å². The lowest BCUT2D eigenvalue weighted by molar-refractivity contribution is -0.121. The van der Waals surface area contributed by atoms with E-state index >= 15 is 0 Å². The Bertz CT molecular complexity index is 658. The molecule has 1 aliphatic rings. The fourth-order valence-electron chi connectivity index (χ4n) is 2.61. The van der Waals surface area contributed by atoms with Crippen LogP contribution in [-0.2, 0) is 26.0 Å². The highest BCUT2D eigenvalue weighted by atomic mass is 32.2. The van der Waals surface area contributed by atoms with Crippen molar-refractivity contribution >= 4 is 15.9 Å². The Hall–Kier alpha value is -1.44. The predicted octanol–water partition coefficient (Wildman–Crippen LogP) is 0.560. The minimum Gasteiger partial charge on any atom is -0.379 e. The number of nitrogens with zero attached hydrogens (tertiary/aromatic N) is 1. The molecule has 2 atom stereocenters. The first-order valence-electron chi connectivity index (χ1n) is 7.61. The molecule has 2 rings (SSSR count). The molecule has 0 spiro atoms. The summed E-state index contributed by atoms with van der Waals surface area (Å²) >= 11 is 0. The van der Waals surface area contributed by atoms with Crippen LogP contribution in [0, 0.1) is 12.8 Å². The van der Waals surface area contributed by atoms with Gasteiger partial charge in [-0.1, -0.05) is 29.8 Å². The minimum absolute atomic E-state index is 0.0185. The molecule has 1 aromatic carbocycles. The second-order valence-electron chi connectivity index (χ2n) is 6.20. The van der Waals surface area contributed by atoms with Crippen molar-refractivity contribution in [3.63, 3.8) is 0 Å². The SMILES string of the molecule is Cc1cccc(CC(=O)N[C@@H]2COC[C@H]2CS(=O)(=O)N(C)C)c1. The maximum atomic E-state index is 12.2. The average molecular weight is 340 g/mol. The summed E-state index contributed by atoms with van der Waals surface area (Å²) < 4.78 is 30.6. The first-order valence-corrected chi connectivity index (χ1v) is 9.21. The molecule has 1 saturated heterocycles. The number of rotatable bonds is 6. The number of nitrogens with one attached hydrogen (secondary N) is 1. The van der Waals surface area contributed by atoms with Crippen LogP contribution in [0.25, 0.3) is 0 Å². The minimum atomic E-state index is -3.31. The van der Waals surface area contributed by atoms with Gasteiger partial charge in [0.1, 0.15) is 0 Å². The third-order valence-corrected chi connectivity index (χ3v) is 5.94. The first kappa shape index (κ1) is 17.9. The number of hydrogen-bond acceptors (Lipinski definition) is 4. The highest BCUT2D eigenvalue weighted by molar-refractivity contribution is 7.89. The average Bonchev–Trinajstić information content (AvgIpc) is 2.84. The molecular weight excluding hydrogens is 316 g/mol. The summed E-state index contributed by atoms with van der Waals surface area (Å²) in [6, 6.07) is 7.52. The van der Waals surface area contributed by atoms with Gasteiger partial charge in [0.15, 0.2) is 0 Å². The Morgan fingerprint density at radius 1 is 1.35 bits per heavy atom. The monoisotopic (exact) mass is 340 g/mol. The molecule has 0 saturated carbocycles. The fraction of sp³-hybridized carbons (Fsp3) is 0.562. The summed E-state index contributed by atoms with van der Waals surface area (Å²) in [5.74, 6) is -0.350. The zero-order valence-corrected chi connectivity index (χ0v) is 14.6. The molecule has 23 heavy (non-hydrogen) atoms. The van der Waals surface area contributed by atoms with E-state index in [2.05, 4.69) is 5.32 Å². The van der Waals surface area contributed by atoms with Crippen LogP contribution < -0.4 is 5.32 Å². The van der Waals surface area contributed by atoms with Gasteiger partial charge in [0.2, 0.25) is 15.9 Å². The van der Waals surface area contributed by atoms with Gasteiger partial charge in [0.05, 0.1) is 31.4 Å². The van der Waals surface area contributed by atoms with Gasteiger partial charge < -0.3 is 10.1 Å². The molecule has 128 valence electrons. The third-order valence-electron chi connectivity index (χ3n) is 3.97. The number of hydrogen-bond donors (Lipinski definition) is 1. The normalized spacial score (nSPS) is 21.6. The Morgan fingerprint density at radius 2 is 2.09 bits per heavy atom. The molecule has 7 heteroatoms. The Morgan fingerprint density at radius 3 is 2.74 bits per heavy atom. The van der Waals surface area contributed by atoms with Crippen LogP contribution in [0.3, 0.4) is 0 Å². The Kier molecular flexibility index (Phi) is 5.78. The Labute approximate surface area is 137 Å². The van der Waals surface area contributed by atoms with E-state index < -0.39 is 10.0 Å². The summed E-state index contributed by atoms with van der Waals surface area (Å²) in [5.41, 5.74) is 2.05. The quantitative estimate of drug-likeness (QED) is 0.821. The largest absolute Gasteiger partial charge is 0.379 e. The summed E-state index contributed by atoms with van der Waals surface area (Å²) in [5, 5.41) is 2.91. The summed E-state index contributed by atoms with van der Waals surface area (Å²) in [6.45, 7) is 2.68. The van der Waals surface area contributed by atoms with Gasteiger partial charge >= 0.3 is 0 Å². The lowest BCUT2D eigenvalue weighted by atomic mass is 10.0. The molecule has 0 bridgehead atoms. The second kappa shape index (κ2) is 7.42. The van der Waals surface area contributed by atoms with Crippen LogP contribution in [-0.4, -0.2) is 57.7 Å². The maximum absolute atomic E-state index is 12.2. The number of aryl methyl sites for hydroxylation is 1. The molecule has 1 fully saturated rings. The third kappa shape index (κ3) is 5.02. The van der Waals surface area contributed by atoms with Crippen molar-refractivity contribution in [3.8, 4) is 0 Å². The fourth-order valence-corrected chi connectivity index (χ4v) is 3.78. The molecule has 1 N–H and O–H groups in total. The zero-order valence-electron chi connectivity index (χ0n) is 13.8. The topological polar surface area (TPSA) is 75.7 Å². The molecule has 0 aromatic heterocycles. The smallest absolute Gasteiger partial charge is 0.224 e. The zero-order chi connectivity index (χ0) is 17.0. The first-order chi connectivity index (χ1) is 10.8. The number of ether oxygens (including phenoxy) is 1. The van der Waals surface area contributed by atoms with Crippen molar-refractivity contribution in [2.45, 2.75) is 19.4 Å². The van der Waals surface area contributed by atoms with Crippen LogP contribution >= 0.6 is 0 Å². The number of carbonyl (C=O) groups excluding carboxylic acids is 1. The van der Waals surface area contributed by atoms with Crippen molar-refractivity contribution in [2.24, 2.45) is 5.92 Å². The highest BCUT2D eigenvalue weighted by Crippen LogP contribution is 2.17. The molecule has 0 unspecified atom stereocenters. The molecule has 1 aliphatic heterocycles. The van der Waals surface area contributed by atoms with Gasteiger partial charge in [-0.05, 0) is 12.5 Å². The van der Waals surface area contributed by atoms with Crippen LogP contribution in [0.2, 0.25) is 0 Å². The van der Waals surface area contributed by atoms with E-state index in [1.54, 1.807) is 0 Å². The predicted molar refractivity (Wildman–Crippen MR) is 88.6 cm³/mol. The van der Waals surface area contributed by atoms with E-state index in [1.165, 1.54) is 18.4 Å². The number of benzene rings is 1. The number of sulfonamides is 1. The number of carbonyl (C=O) groups is 1. The molecule has 0 aliphatic carbocycles. The standard InChI is InChI=1S/C16H24N2O4S/c1-12-5-4-6-13(7-12)8-16(19)17-15-10-22-9-14(15)11-23(20,21)18(2)3/h4-7,14-15H,8-11H2,1-3H3,(H,17,19)/t14-,15+/m0/s1. The van der Waals surface area contributed by atoms with Crippen LogP contribution in [0.1, 0.15) is 11.1 Å². The summed E-state index contributed by atoms with van der Waals surface area (Å²) in [4.78, 5) is 12.2. The second-order valence-corrected chi connectivity index (χ2v) is 8.43. The van der Waals surface area contributed by atoms with Gasteiger partial charge in [-0.3, -0.25) is 4.79 Å². The van der Waals surface area contributed by atoms with Crippen LogP contribution in [0.5, 0.6) is 0 Å². The van der Waals surface area contributed by atoms with E-state index in [9.17, 15) is 13.2 Å². The molecule has 0 radical (unpaired) electrons. The van der Waals surface area contributed by atoms with Crippen LogP contribution in [0.4, 0.5) is 0 Å².